The van der Waals surface area contributed by atoms with Crippen molar-refractivity contribution in [3.63, 3.8) is 0 Å². The van der Waals surface area contributed by atoms with Crippen LogP contribution >= 0.6 is 41.8 Å². The second kappa shape index (κ2) is 30.4. The molecule has 2 rings (SSSR count). The van der Waals surface area contributed by atoms with E-state index in [0.29, 0.717) is 34.7 Å². The van der Waals surface area contributed by atoms with Gasteiger partial charge in [0, 0.05) is 118 Å². The number of aliphatic hydroxyl groups is 2. The molecule has 0 amide bonds. The predicted molar refractivity (Wildman–Crippen MR) is 185 cm³/mol. The third-order valence-electron chi connectivity index (χ3n) is 8.85. The number of ether oxygens (including phenoxy) is 5. The van der Waals surface area contributed by atoms with E-state index in [-0.39, 0.29) is 122 Å². The fraction of sp³-hybridized carbons (Fsp3) is 0.938. The molecule has 12 heteroatoms. The van der Waals surface area contributed by atoms with Crippen LogP contribution in [0.4, 0.5) is 0 Å². The molecule has 7 nitrogen and oxygen atoms in total. The molecule has 13 atom stereocenters. The van der Waals surface area contributed by atoms with Gasteiger partial charge in [0.2, 0.25) is 0 Å². The minimum Gasteiger partial charge on any atom is -0.388 e. The summed E-state index contributed by atoms with van der Waals surface area (Å²) >= 11 is 7.48. The second-order valence-corrected chi connectivity index (χ2v) is 14.2. The van der Waals surface area contributed by atoms with Crippen LogP contribution in [0.5, 0.6) is 0 Å². The van der Waals surface area contributed by atoms with Gasteiger partial charge in [-0.05, 0) is 75.0 Å². The van der Waals surface area contributed by atoms with Crippen LogP contribution in [0.1, 0.15) is 92.9 Å². The van der Waals surface area contributed by atoms with E-state index in [1.54, 1.807) is 7.11 Å². The summed E-state index contributed by atoms with van der Waals surface area (Å²) in [5.74, 6) is 1.16. The minimum atomic E-state index is -0.541. The molecule has 2 fully saturated rings. The van der Waals surface area contributed by atoms with Gasteiger partial charge in [-0.1, -0.05) is 79.5 Å². The smallest absolute Gasteiger partial charge is 0.183 e. The topological polar surface area (TPSA) is 86.6 Å². The summed E-state index contributed by atoms with van der Waals surface area (Å²) in [4.78, 5) is 0.854. The van der Waals surface area contributed by atoms with Crippen LogP contribution in [0.25, 0.3) is 0 Å². The number of hydrogen-bond acceptors (Lipinski definition) is 7. The van der Waals surface area contributed by atoms with E-state index in [1.165, 1.54) is 0 Å². The Bertz CT molecular complexity index is 687. The summed E-state index contributed by atoms with van der Waals surface area (Å²) in [5, 5.41) is 20.5. The van der Waals surface area contributed by atoms with Gasteiger partial charge >= 0.3 is 0 Å². The summed E-state index contributed by atoms with van der Waals surface area (Å²) in [5.41, 5.74) is 0. The molecule has 2 N–H and O–H groups in total. The van der Waals surface area contributed by atoms with E-state index < -0.39 is 24.8 Å². The number of aliphatic hydroxyl groups excluding tert-OH is 2. The van der Waals surface area contributed by atoms with Crippen molar-refractivity contribution >= 4 is 41.8 Å². The normalized spacial score (nSPS) is 32.9. The predicted octanol–water partition coefficient (Wildman–Crippen LogP) is 7.30. The standard InChI is InChI=1S/C18H34Br2O4.C14H26O3.2Ac.H3P/c1-5-16-12(2)13(3)17(21)18(24-16)23-11-7-9-15(20)14(19)8-6-10-22-4;1-5-7-8-9-16-14-13(15)11(4)10(3)12(6-2)17-14;;;/h12-18,21H,5-11H2,1-4H3;5,10-15H,1,6-9H2,2-4H3;;;1H3/t12-,13-,14?,15?,16?,17?,18-;10-,11-,12?,13?,14-;;;/m00.../s1. The van der Waals surface area contributed by atoms with Gasteiger partial charge in [0.25, 0.3) is 0 Å². The van der Waals surface area contributed by atoms with Crippen molar-refractivity contribution in [1.29, 1.82) is 0 Å². The van der Waals surface area contributed by atoms with Gasteiger partial charge in [0.1, 0.15) is 12.2 Å². The van der Waals surface area contributed by atoms with Crippen molar-refractivity contribution in [2.75, 3.05) is 26.9 Å². The fourth-order valence-corrected chi connectivity index (χ4v) is 6.63. The van der Waals surface area contributed by atoms with Crippen molar-refractivity contribution in [2.24, 2.45) is 23.7 Å². The van der Waals surface area contributed by atoms with Crippen molar-refractivity contribution in [1.82, 2.24) is 0 Å². The van der Waals surface area contributed by atoms with Gasteiger partial charge in [-0.2, -0.15) is 9.90 Å². The number of halogens is 2. The minimum absolute atomic E-state index is 0. The maximum Gasteiger partial charge on any atom is 0.183 e. The number of methoxy groups -OCH3 is 1. The van der Waals surface area contributed by atoms with E-state index in [1.807, 2.05) is 6.08 Å². The van der Waals surface area contributed by atoms with Crippen LogP contribution in [-0.4, -0.2) is 83.8 Å². The number of unbranched alkanes of at least 4 members (excludes halogenated alkanes) is 1. The molecule has 2 aliphatic heterocycles. The van der Waals surface area contributed by atoms with Gasteiger partial charge in [-0.3, -0.25) is 0 Å². The summed E-state index contributed by atoms with van der Waals surface area (Å²) in [6, 6.07) is 0. The Kier molecular flexibility index (Phi) is 36.0. The van der Waals surface area contributed by atoms with Gasteiger partial charge in [-0.15, -0.1) is 6.58 Å². The van der Waals surface area contributed by atoms with E-state index in [0.717, 1.165) is 58.0 Å². The molecule has 0 saturated carbocycles. The van der Waals surface area contributed by atoms with Gasteiger partial charge in [-0.25, -0.2) is 0 Å². The van der Waals surface area contributed by atoms with E-state index in [4.69, 9.17) is 23.7 Å². The molecule has 0 bridgehead atoms. The zero-order chi connectivity index (χ0) is 30.9. The maximum absolute atomic E-state index is 10.4. The van der Waals surface area contributed by atoms with Crippen LogP contribution < -0.4 is 0 Å². The van der Waals surface area contributed by atoms with Crippen LogP contribution in [0.3, 0.4) is 0 Å². The van der Waals surface area contributed by atoms with Gasteiger partial charge < -0.3 is 33.9 Å². The Labute approximate surface area is 361 Å². The first-order chi connectivity index (χ1) is 19.5. The van der Waals surface area contributed by atoms with Crippen LogP contribution in [0.15, 0.2) is 12.7 Å². The Balaban J connectivity index is -0.000000750. The first-order valence-corrected chi connectivity index (χ1v) is 17.6. The van der Waals surface area contributed by atoms with E-state index in [9.17, 15) is 10.2 Å². The monoisotopic (exact) mass is 1200 g/mol. The Hall–Kier alpha value is 3.73. The van der Waals surface area contributed by atoms with E-state index >= 15 is 0 Å². The van der Waals surface area contributed by atoms with E-state index in [2.05, 4.69) is 80.0 Å². The molecule has 2 saturated heterocycles. The summed E-state index contributed by atoms with van der Waals surface area (Å²) in [6.45, 7) is 18.4. The van der Waals surface area contributed by atoms with Crippen molar-refractivity contribution in [3.05, 3.63) is 12.7 Å². The maximum atomic E-state index is 10.4. The average molecular weight is 1200 g/mol. The Morgan fingerprint density at radius 1 is 0.727 bits per heavy atom. The molecule has 0 aromatic carbocycles. The summed E-state index contributed by atoms with van der Waals surface area (Å²) in [6.07, 6.45) is 8.12. The van der Waals surface area contributed by atoms with Crippen molar-refractivity contribution in [3.8, 4) is 0 Å². The third kappa shape index (κ3) is 18.8. The Morgan fingerprint density at radius 2 is 1.11 bits per heavy atom. The molecule has 7 unspecified atom stereocenters. The zero-order valence-electron chi connectivity index (χ0n) is 28.5. The molecule has 2 aliphatic rings. The third-order valence-corrected chi connectivity index (χ3v) is 11.8. The first kappa shape index (κ1) is 52.1. The first-order valence-electron chi connectivity index (χ1n) is 15.8. The molecule has 0 aliphatic carbocycles. The number of rotatable bonds is 17. The summed E-state index contributed by atoms with van der Waals surface area (Å²) < 4.78 is 28.3. The molecule has 0 spiro atoms. The largest absolute Gasteiger partial charge is 0.388 e. The van der Waals surface area contributed by atoms with Crippen LogP contribution in [-0.2, 0) is 23.7 Å². The van der Waals surface area contributed by atoms with Crippen molar-refractivity contribution < 1.29 is 122 Å². The average Bonchev–Trinajstić information content (AvgIpc) is 2.97. The molecular weight excluding hydrogens is 1140 g/mol. The van der Waals surface area contributed by atoms with Crippen LogP contribution in [0.2, 0.25) is 0 Å². The quantitative estimate of drug-likeness (QED) is 0.0685. The van der Waals surface area contributed by atoms with Crippen LogP contribution in [0, 0.1) is 112 Å². The zero-order valence-corrected chi connectivity index (χ0v) is 42.6. The second-order valence-electron chi connectivity index (χ2n) is 11.8. The van der Waals surface area contributed by atoms with Gasteiger partial charge in [0.05, 0.1) is 18.8 Å². The number of hydrogen-bond donors (Lipinski definition) is 2. The number of allylic oxidation sites excluding steroid dienone is 1. The molecule has 44 heavy (non-hydrogen) atoms. The molecular formula is C32H63Ac2Br2O7P. The molecule has 2 radical (unpaired) electrons. The SMILES string of the molecule is C=CCCCO[C@H]1OC(CC)[C@@H](C)[C@H](C)C1O.CCC1O[C@H](OCCCC(Br)C(Br)CCCOC)C(O)[C@@H](C)[C@@H]1C.P.[Ac].[Ac]. The van der Waals surface area contributed by atoms with Crippen molar-refractivity contribution in [2.45, 2.75) is 140 Å². The molecule has 0 aromatic heterocycles. The molecule has 258 valence electrons. The molecule has 0 aromatic rings. The van der Waals surface area contributed by atoms with Gasteiger partial charge in [0.15, 0.2) is 12.6 Å². The molecule has 2 heterocycles. The fourth-order valence-electron chi connectivity index (χ4n) is 5.45. The summed E-state index contributed by atoms with van der Waals surface area (Å²) in [7, 11) is 1.73. The Morgan fingerprint density at radius 3 is 1.48 bits per heavy atom. The number of alkyl halides is 2.